The topological polar surface area (TPSA) is 53.7 Å². The number of fused-ring (bicyclic) bond motifs is 2. The molecule has 0 bridgehead atoms. The van der Waals surface area contributed by atoms with E-state index in [2.05, 4.69) is 25.3 Å². The number of nitrogens with zero attached hydrogens (tertiary/aromatic N) is 4. The predicted molar refractivity (Wildman–Crippen MR) is 84.7 cm³/mol. The number of rotatable bonds is 2. The van der Waals surface area contributed by atoms with Gasteiger partial charge in [-0.3, -0.25) is 9.38 Å². The highest BCUT2D eigenvalue weighted by molar-refractivity contribution is 5.55. The molecule has 0 saturated heterocycles. The van der Waals surface area contributed by atoms with E-state index < -0.39 is 0 Å². The Bertz CT molecular complexity index is 798. The smallest absolute Gasteiger partial charge is 0.155 e. The molecule has 22 heavy (non-hydrogen) atoms. The molecule has 0 saturated carbocycles. The SMILES string of the molecule is OC1CCCN(Cc2cnc3cnccn23)c2ccccc21. The zero-order chi connectivity index (χ0) is 14.9. The Morgan fingerprint density at radius 3 is 3.09 bits per heavy atom. The summed E-state index contributed by atoms with van der Waals surface area (Å²) in [6, 6.07) is 8.14. The van der Waals surface area contributed by atoms with Crippen LogP contribution < -0.4 is 4.90 Å². The van der Waals surface area contributed by atoms with Gasteiger partial charge in [0.25, 0.3) is 0 Å². The number of hydrogen-bond acceptors (Lipinski definition) is 4. The Labute approximate surface area is 128 Å². The number of hydrogen-bond donors (Lipinski definition) is 1. The zero-order valence-corrected chi connectivity index (χ0v) is 12.3. The Morgan fingerprint density at radius 2 is 2.14 bits per heavy atom. The van der Waals surface area contributed by atoms with Crippen LogP contribution in [-0.4, -0.2) is 26.0 Å². The standard InChI is InChI=1S/C17H18N4O/c22-16-6-3-8-20(15-5-2-1-4-14(15)16)12-13-10-19-17-11-18-7-9-21(13)17/h1-2,4-5,7,9-11,16,22H,3,6,8,12H2. The van der Waals surface area contributed by atoms with Crippen LogP contribution in [0.3, 0.4) is 0 Å². The largest absolute Gasteiger partial charge is 0.388 e. The predicted octanol–water partition coefficient (Wildman–Crippen LogP) is 2.56. The van der Waals surface area contributed by atoms with Crippen molar-refractivity contribution in [3.05, 3.63) is 60.3 Å². The van der Waals surface area contributed by atoms with Gasteiger partial charge in [0.2, 0.25) is 0 Å². The van der Waals surface area contributed by atoms with Crippen LogP contribution in [0.4, 0.5) is 5.69 Å². The van der Waals surface area contributed by atoms with Crippen LogP contribution in [0, 0.1) is 0 Å². The third-order valence-corrected chi connectivity index (χ3v) is 4.29. The van der Waals surface area contributed by atoms with Crippen molar-refractivity contribution in [1.82, 2.24) is 14.4 Å². The lowest BCUT2D eigenvalue weighted by Gasteiger charge is -2.25. The quantitative estimate of drug-likeness (QED) is 0.789. The van der Waals surface area contributed by atoms with Gasteiger partial charge < -0.3 is 10.0 Å². The van der Waals surface area contributed by atoms with Crippen molar-refractivity contribution in [1.29, 1.82) is 0 Å². The molecule has 112 valence electrons. The maximum absolute atomic E-state index is 10.3. The Kier molecular flexibility index (Phi) is 3.27. The minimum absolute atomic E-state index is 0.368. The third kappa shape index (κ3) is 2.23. The van der Waals surface area contributed by atoms with Crippen molar-refractivity contribution in [2.45, 2.75) is 25.5 Å². The molecule has 1 aromatic carbocycles. The molecule has 0 amide bonds. The molecule has 0 spiro atoms. The molecule has 5 heteroatoms. The first-order valence-corrected chi connectivity index (χ1v) is 7.61. The fourth-order valence-electron chi connectivity index (χ4n) is 3.18. The molecule has 4 rings (SSSR count). The van der Waals surface area contributed by atoms with E-state index in [1.165, 1.54) is 0 Å². The number of benzene rings is 1. The number of imidazole rings is 1. The second-order valence-electron chi connectivity index (χ2n) is 5.69. The first kappa shape index (κ1) is 13.3. The van der Waals surface area contributed by atoms with Crippen LogP contribution in [0.2, 0.25) is 0 Å². The van der Waals surface area contributed by atoms with Crippen molar-refractivity contribution in [3.8, 4) is 0 Å². The average molecular weight is 294 g/mol. The normalized spacial score (nSPS) is 18.2. The lowest BCUT2D eigenvalue weighted by Crippen LogP contribution is -2.24. The van der Waals surface area contributed by atoms with Crippen LogP contribution in [-0.2, 0) is 6.54 Å². The van der Waals surface area contributed by atoms with Gasteiger partial charge in [-0.15, -0.1) is 0 Å². The maximum atomic E-state index is 10.3. The van der Waals surface area contributed by atoms with E-state index in [-0.39, 0.29) is 6.10 Å². The van der Waals surface area contributed by atoms with Gasteiger partial charge in [-0.05, 0) is 18.9 Å². The molecule has 1 atom stereocenters. The third-order valence-electron chi connectivity index (χ3n) is 4.29. The van der Waals surface area contributed by atoms with Gasteiger partial charge in [0.1, 0.15) is 0 Å². The van der Waals surface area contributed by atoms with Crippen molar-refractivity contribution in [2.24, 2.45) is 0 Å². The van der Waals surface area contributed by atoms with Gasteiger partial charge in [-0.1, -0.05) is 18.2 Å². The van der Waals surface area contributed by atoms with Gasteiger partial charge in [0.15, 0.2) is 5.65 Å². The monoisotopic (exact) mass is 294 g/mol. The van der Waals surface area contributed by atoms with Crippen molar-refractivity contribution < 1.29 is 5.11 Å². The van der Waals surface area contributed by atoms with Crippen molar-refractivity contribution >= 4 is 11.3 Å². The van der Waals surface area contributed by atoms with Crippen LogP contribution >= 0.6 is 0 Å². The van der Waals surface area contributed by atoms with Crippen molar-refractivity contribution in [2.75, 3.05) is 11.4 Å². The Morgan fingerprint density at radius 1 is 1.23 bits per heavy atom. The summed E-state index contributed by atoms with van der Waals surface area (Å²) >= 11 is 0. The zero-order valence-electron chi connectivity index (χ0n) is 12.3. The Balaban J connectivity index is 1.72. The van der Waals surface area contributed by atoms with E-state index in [1.54, 1.807) is 12.4 Å². The van der Waals surface area contributed by atoms with Crippen LogP contribution in [0.5, 0.6) is 0 Å². The van der Waals surface area contributed by atoms with E-state index in [1.807, 2.05) is 30.6 Å². The summed E-state index contributed by atoms with van der Waals surface area (Å²) in [7, 11) is 0. The number of aromatic nitrogens is 3. The van der Waals surface area contributed by atoms with E-state index >= 15 is 0 Å². The molecular weight excluding hydrogens is 276 g/mol. The highest BCUT2D eigenvalue weighted by atomic mass is 16.3. The lowest BCUT2D eigenvalue weighted by atomic mass is 10.0. The van der Waals surface area contributed by atoms with Gasteiger partial charge in [0, 0.05) is 30.2 Å². The molecule has 0 aliphatic carbocycles. The fraction of sp³-hybridized carbons (Fsp3) is 0.294. The Hall–Kier alpha value is -2.40. The molecule has 1 aliphatic rings. The minimum atomic E-state index is -0.368. The first-order valence-electron chi connectivity index (χ1n) is 7.61. The summed E-state index contributed by atoms with van der Waals surface area (Å²) in [4.78, 5) is 10.8. The highest BCUT2D eigenvalue weighted by Gasteiger charge is 2.21. The average Bonchev–Trinajstić information content (AvgIpc) is 2.89. The summed E-state index contributed by atoms with van der Waals surface area (Å²) in [5.41, 5.74) is 4.14. The molecule has 0 radical (unpaired) electrons. The molecule has 3 aromatic rings. The van der Waals surface area contributed by atoms with Gasteiger partial charge in [0.05, 0.1) is 30.7 Å². The molecule has 1 aliphatic heterocycles. The lowest BCUT2D eigenvalue weighted by molar-refractivity contribution is 0.168. The number of aliphatic hydroxyl groups excluding tert-OH is 1. The number of aliphatic hydroxyl groups is 1. The second kappa shape index (κ2) is 5.42. The second-order valence-corrected chi connectivity index (χ2v) is 5.69. The summed E-state index contributed by atoms with van der Waals surface area (Å²) in [5, 5.41) is 10.3. The van der Waals surface area contributed by atoms with Crippen LogP contribution in [0.1, 0.15) is 30.2 Å². The van der Waals surface area contributed by atoms with E-state index in [0.717, 1.165) is 48.5 Å². The summed E-state index contributed by atoms with van der Waals surface area (Å²) in [5.74, 6) is 0. The van der Waals surface area contributed by atoms with Crippen molar-refractivity contribution in [3.63, 3.8) is 0 Å². The summed E-state index contributed by atoms with van der Waals surface area (Å²) in [6.07, 6.45) is 8.81. The van der Waals surface area contributed by atoms with E-state index in [9.17, 15) is 5.11 Å². The fourth-order valence-corrected chi connectivity index (χ4v) is 3.18. The van der Waals surface area contributed by atoms with Gasteiger partial charge in [-0.25, -0.2) is 4.98 Å². The minimum Gasteiger partial charge on any atom is -0.388 e. The number of anilines is 1. The van der Waals surface area contributed by atoms with E-state index in [0.29, 0.717) is 0 Å². The molecular formula is C17H18N4O. The molecule has 5 nitrogen and oxygen atoms in total. The van der Waals surface area contributed by atoms with Gasteiger partial charge in [-0.2, -0.15) is 0 Å². The molecule has 1 unspecified atom stereocenters. The summed E-state index contributed by atoms with van der Waals surface area (Å²) in [6.45, 7) is 1.71. The first-order chi connectivity index (χ1) is 10.8. The maximum Gasteiger partial charge on any atom is 0.155 e. The van der Waals surface area contributed by atoms with E-state index in [4.69, 9.17) is 0 Å². The molecule has 0 fully saturated rings. The molecule has 1 N–H and O–H groups in total. The van der Waals surface area contributed by atoms with Gasteiger partial charge >= 0.3 is 0 Å². The number of para-hydroxylation sites is 1. The molecule has 2 aromatic heterocycles. The highest BCUT2D eigenvalue weighted by Crippen LogP contribution is 2.33. The molecule has 3 heterocycles. The summed E-state index contributed by atoms with van der Waals surface area (Å²) < 4.78 is 2.07. The van der Waals surface area contributed by atoms with Crippen LogP contribution in [0.15, 0.2) is 49.1 Å². The van der Waals surface area contributed by atoms with Crippen LogP contribution in [0.25, 0.3) is 5.65 Å².